The summed E-state index contributed by atoms with van der Waals surface area (Å²) in [5.41, 5.74) is 11.6. The number of benzene rings is 1. The molecule has 0 spiro atoms. The van der Waals surface area contributed by atoms with Gasteiger partial charge >= 0.3 is 0 Å². The predicted octanol–water partition coefficient (Wildman–Crippen LogP) is 4.14. The lowest BCUT2D eigenvalue weighted by Gasteiger charge is -2.43. The van der Waals surface area contributed by atoms with Gasteiger partial charge in [-0.3, -0.25) is 0 Å². The third-order valence-electron chi connectivity index (χ3n) is 6.24. The molecule has 1 aromatic carbocycles. The predicted molar refractivity (Wildman–Crippen MR) is 125 cm³/mol. The highest BCUT2D eigenvalue weighted by Crippen LogP contribution is 2.45. The van der Waals surface area contributed by atoms with Gasteiger partial charge in [0.25, 0.3) is 0 Å². The monoisotopic (exact) mass is 417 g/mol. The van der Waals surface area contributed by atoms with E-state index >= 15 is 0 Å². The number of rotatable bonds is 7. The van der Waals surface area contributed by atoms with Crippen molar-refractivity contribution >= 4 is 11.5 Å². The number of pyridine rings is 1. The average molecular weight is 418 g/mol. The van der Waals surface area contributed by atoms with Gasteiger partial charge in [-0.1, -0.05) is 18.7 Å². The minimum Gasteiger partial charge on any atom is -0.399 e. The molecule has 0 amide bonds. The Morgan fingerprint density at radius 2 is 2.13 bits per heavy atom. The summed E-state index contributed by atoms with van der Waals surface area (Å²) in [4.78, 5) is 9.70. The van der Waals surface area contributed by atoms with E-state index in [1.54, 1.807) is 7.11 Å². The van der Waals surface area contributed by atoms with Crippen molar-refractivity contribution in [1.82, 2.24) is 9.88 Å². The van der Waals surface area contributed by atoms with E-state index < -0.39 is 0 Å². The summed E-state index contributed by atoms with van der Waals surface area (Å²) in [6.07, 6.45) is 3.14. The number of nitrogens with two attached hydrogens (primary N) is 1. The first kappa shape index (κ1) is 21.2. The van der Waals surface area contributed by atoms with Gasteiger partial charge in [0.05, 0.1) is 17.9 Å². The second kappa shape index (κ2) is 8.99. The number of nitrogen functional groups attached to an aromatic ring is 1. The fraction of sp³-hybridized carbons (Fsp3) is 0.440. The highest BCUT2D eigenvalue weighted by molar-refractivity contribution is 5.74. The molecule has 6 nitrogen and oxygen atoms in total. The molecule has 6 heteroatoms. The van der Waals surface area contributed by atoms with Crippen LogP contribution in [0.4, 0.5) is 11.5 Å². The van der Waals surface area contributed by atoms with E-state index in [9.17, 15) is 5.26 Å². The zero-order valence-electron chi connectivity index (χ0n) is 18.5. The van der Waals surface area contributed by atoms with E-state index in [4.69, 9.17) is 15.5 Å². The van der Waals surface area contributed by atoms with Crippen molar-refractivity contribution in [3.63, 3.8) is 0 Å². The van der Waals surface area contributed by atoms with E-state index in [-0.39, 0.29) is 0 Å². The van der Waals surface area contributed by atoms with Crippen LogP contribution in [-0.2, 0) is 4.74 Å². The highest BCUT2D eigenvalue weighted by Gasteiger charge is 2.32. The summed E-state index contributed by atoms with van der Waals surface area (Å²) in [6.45, 7) is 9.64. The Morgan fingerprint density at radius 3 is 2.77 bits per heavy atom. The normalized spacial score (nSPS) is 18.7. The van der Waals surface area contributed by atoms with E-state index in [1.807, 2.05) is 30.3 Å². The number of hydrogen-bond acceptors (Lipinski definition) is 6. The van der Waals surface area contributed by atoms with Gasteiger partial charge in [-0.15, -0.1) is 0 Å². The van der Waals surface area contributed by atoms with Crippen LogP contribution >= 0.6 is 0 Å². The topological polar surface area (TPSA) is 78.4 Å². The quantitative estimate of drug-likeness (QED) is 0.682. The van der Waals surface area contributed by atoms with Crippen LogP contribution in [0.1, 0.15) is 43.4 Å². The third-order valence-corrected chi connectivity index (χ3v) is 6.24. The first-order chi connectivity index (χ1) is 15.0. The summed E-state index contributed by atoms with van der Waals surface area (Å²) in [5.74, 6) is 1.28. The lowest BCUT2D eigenvalue weighted by molar-refractivity contribution is 0.177. The fourth-order valence-electron chi connectivity index (χ4n) is 4.43. The van der Waals surface area contributed by atoms with Crippen molar-refractivity contribution < 1.29 is 4.74 Å². The van der Waals surface area contributed by atoms with Crippen LogP contribution < -0.4 is 10.6 Å². The smallest absolute Gasteiger partial charge is 0.147 e. The van der Waals surface area contributed by atoms with E-state index in [2.05, 4.69) is 29.4 Å². The first-order valence-corrected chi connectivity index (χ1v) is 11.0. The largest absolute Gasteiger partial charge is 0.399 e. The number of methoxy groups -OCH3 is 1. The average Bonchev–Trinajstić information content (AvgIpc) is 3.62. The Labute approximate surface area is 184 Å². The number of nitrogens with zero attached hydrogens (tertiary/aromatic N) is 4. The minimum atomic E-state index is 0.296. The van der Waals surface area contributed by atoms with Gasteiger partial charge < -0.3 is 20.3 Å². The molecule has 2 heterocycles. The zero-order chi connectivity index (χ0) is 22.0. The van der Waals surface area contributed by atoms with E-state index in [0.717, 1.165) is 72.9 Å². The standard InChI is InChI=1S/C25H31N5O/c1-17(9-12-31-3)30-11-10-29(16-18(30)2)25-21(15-26)14-23(24(28-25)19-7-8-19)20-5-4-6-22(27)13-20/h4-6,13-14,18-19H,1,7-12,16,27H2,2-3H3/t18-/m1/s1. The summed E-state index contributed by atoms with van der Waals surface area (Å²) < 4.78 is 5.20. The van der Waals surface area contributed by atoms with E-state index in [0.29, 0.717) is 24.1 Å². The van der Waals surface area contributed by atoms with Crippen LogP contribution in [0.5, 0.6) is 0 Å². The third kappa shape index (κ3) is 4.52. The number of ether oxygens (including phenoxy) is 1. The molecule has 2 aromatic rings. The van der Waals surface area contributed by atoms with Crippen molar-refractivity contribution in [1.29, 1.82) is 5.26 Å². The van der Waals surface area contributed by atoms with Crippen LogP contribution in [0, 0.1) is 11.3 Å². The van der Waals surface area contributed by atoms with Gasteiger partial charge in [0.15, 0.2) is 0 Å². The first-order valence-electron chi connectivity index (χ1n) is 11.0. The molecule has 31 heavy (non-hydrogen) atoms. The number of hydrogen-bond donors (Lipinski definition) is 1. The molecule has 1 aliphatic carbocycles. The molecule has 0 radical (unpaired) electrons. The lowest BCUT2D eigenvalue weighted by Crippen LogP contribution is -2.51. The van der Waals surface area contributed by atoms with Gasteiger partial charge in [0.1, 0.15) is 11.9 Å². The van der Waals surface area contributed by atoms with Crippen molar-refractivity contribution in [2.45, 2.75) is 38.1 Å². The van der Waals surface area contributed by atoms with E-state index in [1.165, 1.54) is 0 Å². The number of anilines is 2. The molecule has 0 unspecified atom stereocenters. The van der Waals surface area contributed by atoms with Crippen LogP contribution in [0.2, 0.25) is 0 Å². The molecule has 2 N–H and O–H groups in total. The number of aromatic nitrogens is 1. The van der Waals surface area contributed by atoms with Crippen molar-refractivity contribution in [2.24, 2.45) is 0 Å². The molecule has 162 valence electrons. The minimum absolute atomic E-state index is 0.296. The Kier molecular flexibility index (Phi) is 6.15. The lowest BCUT2D eigenvalue weighted by atomic mass is 9.98. The number of piperazine rings is 1. The molecule has 0 bridgehead atoms. The maximum atomic E-state index is 9.94. The molecule has 2 fully saturated rings. The van der Waals surface area contributed by atoms with Crippen LogP contribution in [-0.4, -0.2) is 49.3 Å². The Morgan fingerprint density at radius 1 is 1.32 bits per heavy atom. The van der Waals surface area contributed by atoms with Gasteiger partial charge in [-0.2, -0.15) is 5.26 Å². The maximum absolute atomic E-state index is 9.94. The van der Waals surface area contributed by atoms with Gasteiger partial charge in [-0.25, -0.2) is 4.98 Å². The molecule has 1 saturated heterocycles. The maximum Gasteiger partial charge on any atom is 0.147 e. The highest BCUT2D eigenvalue weighted by atomic mass is 16.5. The molecular formula is C25H31N5O. The van der Waals surface area contributed by atoms with Gasteiger partial charge in [0.2, 0.25) is 0 Å². The van der Waals surface area contributed by atoms with Crippen molar-refractivity contribution in [3.05, 3.63) is 53.9 Å². The second-order valence-electron chi connectivity index (χ2n) is 8.60. The molecule has 1 atom stereocenters. The molecule has 1 aromatic heterocycles. The second-order valence-corrected chi connectivity index (χ2v) is 8.60. The zero-order valence-corrected chi connectivity index (χ0v) is 18.5. The molecule has 1 aliphatic heterocycles. The summed E-state index contributed by atoms with van der Waals surface area (Å²) in [5, 5.41) is 9.94. The van der Waals surface area contributed by atoms with Crippen molar-refractivity contribution in [2.75, 3.05) is 44.0 Å². The fourth-order valence-corrected chi connectivity index (χ4v) is 4.43. The van der Waals surface area contributed by atoms with Crippen molar-refractivity contribution in [3.8, 4) is 17.2 Å². The van der Waals surface area contributed by atoms with Crippen LogP contribution in [0.15, 0.2) is 42.6 Å². The summed E-state index contributed by atoms with van der Waals surface area (Å²) in [7, 11) is 1.72. The van der Waals surface area contributed by atoms with Gasteiger partial charge in [-0.05, 0) is 43.5 Å². The Bertz CT molecular complexity index is 1010. The number of nitriles is 1. The molecule has 1 saturated carbocycles. The summed E-state index contributed by atoms with van der Waals surface area (Å²) in [6, 6.07) is 12.6. The SMILES string of the molecule is C=C(CCOC)N1CCN(c2nc(C3CC3)c(-c3cccc(N)c3)cc2C#N)C[C@H]1C. The Balaban J connectivity index is 1.63. The van der Waals surface area contributed by atoms with Crippen LogP contribution in [0.25, 0.3) is 11.1 Å². The molecular weight excluding hydrogens is 386 g/mol. The molecule has 4 rings (SSSR count). The molecule has 2 aliphatic rings. The van der Waals surface area contributed by atoms with Gasteiger partial charge in [0, 0.05) is 62.1 Å². The Hall–Kier alpha value is -3.04. The van der Waals surface area contributed by atoms with Crippen LogP contribution in [0.3, 0.4) is 0 Å². The summed E-state index contributed by atoms with van der Waals surface area (Å²) >= 11 is 0.